The van der Waals surface area contributed by atoms with Crippen LogP contribution < -0.4 is 5.43 Å². The molecule has 1 aliphatic heterocycles. The summed E-state index contributed by atoms with van der Waals surface area (Å²) < 4.78 is 43.8. The molecule has 0 aliphatic carbocycles. The highest BCUT2D eigenvalue weighted by Gasteiger charge is 2.39. The van der Waals surface area contributed by atoms with E-state index < -0.39 is 11.9 Å². The van der Waals surface area contributed by atoms with E-state index in [1.54, 1.807) is 25.4 Å². The van der Waals surface area contributed by atoms with Crippen molar-refractivity contribution < 1.29 is 13.2 Å². The van der Waals surface area contributed by atoms with E-state index in [-0.39, 0.29) is 16.8 Å². The minimum Gasteiger partial charge on any atom is -0.285 e. The van der Waals surface area contributed by atoms with Gasteiger partial charge in [-0.3, -0.25) is 10.4 Å². The maximum absolute atomic E-state index is 14.3. The monoisotopic (exact) mass is 437 g/mol. The third-order valence-electron chi connectivity index (χ3n) is 4.69. The van der Waals surface area contributed by atoms with E-state index in [2.05, 4.69) is 30.8 Å². The van der Waals surface area contributed by atoms with Crippen LogP contribution in [0.2, 0.25) is 0 Å². The molecule has 0 amide bonds. The van der Waals surface area contributed by atoms with Gasteiger partial charge in [-0.05, 0) is 31.6 Å². The van der Waals surface area contributed by atoms with Crippen molar-refractivity contribution in [1.82, 2.24) is 20.2 Å². The molecule has 4 rings (SSSR count). The first-order chi connectivity index (χ1) is 15.3. The fourth-order valence-corrected chi connectivity index (χ4v) is 3.30. The Morgan fingerprint density at radius 2 is 1.84 bits per heavy atom. The van der Waals surface area contributed by atoms with Crippen molar-refractivity contribution in [3.05, 3.63) is 71.5 Å². The van der Waals surface area contributed by atoms with Crippen molar-refractivity contribution in [2.45, 2.75) is 20.0 Å². The lowest BCUT2D eigenvalue weighted by Crippen LogP contribution is -2.16. The molecule has 32 heavy (non-hydrogen) atoms. The third kappa shape index (κ3) is 4.34. The average Bonchev–Trinajstić information content (AvgIpc) is 3.17. The van der Waals surface area contributed by atoms with Crippen LogP contribution in [0.1, 0.15) is 23.7 Å². The summed E-state index contributed by atoms with van der Waals surface area (Å²) in [5, 5.41) is 16.9. The van der Waals surface area contributed by atoms with Gasteiger partial charge in [-0.15, -0.1) is 0 Å². The molecule has 0 saturated heterocycles. The van der Waals surface area contributed by atoms with Crippen LogP contribution in [0.5, 0.6) is 0 Å². The molecule has 10 heteroatoms. The van der Waals surface area contributed by atoms with Gasteiger partial charge < -0.3 is 0 Å². The molecule has 1 N–H and O–H groups in total. The van der Waals surface area contributed by atoms with Crippen molar-refractivity contribution in [2.75, 3.05) is 0 Å². The molecule has 0 fully saturated rings. The normalized spacial score (nSPS) is 20.9. The zero-order valence-corrected chi connectivity index (χ0v) is 17.2. The van der Waals surface area contributed by atoms with Crippen molar-refractivity contribution in [3.63, 3.8) is 0 Å². The number of hydrogen-bond acceptors (Lipinski definition) is 6. The summed E-state index contributed by atoms with van der Waals surface area (Å²) in [4.78, 5) is 4.12. The minimum absolute atomic E-state index is 0.131. The van der Waals surface area contributed by atoms with E-state index in [1.807, 2.05) is 25.1 Å². The summed E-state index contributed by atoms with van der Waals surface area (Å²) in [5.74, 6) is 0. The van der Waals surface area contributed by atoms with Gasteiger partial charge >= 0.3 is 6.18 Å². The molecule has 7 nitrogen and oxygen atoms in total. The molecule has 1 aromatic carbocycles. The van der Waals surface area contributed by atoms with Gasteiger partial charge in [0.2, 0.25) is 0 Å². The lowest BCUT2D eigenvalue weighted by Gasteiger charge is -2.15. The summed E-state index contributed by atoms with van der Waals surface area (Å²) in [5.41, 5.74) is 3.59. The van der Waals surface area contributed by atoms with Gasteiger partial charge in [-0.1, -0.05) is 17.7 Å². The molecule has 3 heterocycles. The molecule has 3 aromatic rings. The average molecular weight is 437 g/mol. The van der Waals surface area contributed by atoms with E-state index >= 15 is 0 Å². The second-order valence-electron chi connectivity index (χ2n) is 7.10. The van der Waals surface area contributed by atoms with Crippen molar-refractivity contribution in [2.24, 2.45) is 15.3 Å². The third-order valence-corrected chi connectivity index (χ3v) is 4.69. The Morgan fingerprint density at radius 1 is 1.00 bits per heavy atom. The molecule has 0 bridgehead atoms. The highest BCUT2D eigenvalue weighted by molar-refractivity contribution is 6.16. The molecule has 0 spiro atoms. The number of alkyl halides is 3. The van der Waals surface area contributed by atoms with Gasteiger partial charge in [0, 0.05) is 34.3 Å². The molecule has 0 unspecified atom stereocenters. The predicted molar refractivity (Wildman–Crippen MR) is 119 cm³/mol. The SMILES string of the molecule is CC1=C/N\N=C/C=N\N=C\C(c2cnn(-c3cncc4ccc(C)cc34)c2C(F)(F)F)=C/1. The quantitative estimate of drug-likeness (QED) is 0.632. The zero-order valence-electron chi connectivity index (χ0n) is 17.2. The van der Waals surface area contributed by atoms with Crippen LogP contribution >= 0.6 is 0 Å². The Labute approximate surface area is 181 Å². The van der Waals surface area contributed by atoms with Gasteiger partial charge in [0.1, 0.15) is 0 Å². The summed E-state index contributed by atoms with van der Waals surface area (Å²) in [6.07, 6.45) is 6.52. The Bertz CT molecular complexity index is 1310. The second-order valence-corrected chi connectivity index (χ2v) is 7.10. The van der Waals surface area contributed by atoms with E-state index in [0.717, 1.165) is 10.2 Å². The number of allylic oxidation sites excluding steroid dienone is 3. The van der Waals surface area contributed by atoms with E-state index in [9.17, 15) is 13.2 Å². The first-order valence-electron chi connectivity index (χ1n) is 9.57. The summed E-state index contributed by atoms with van der Waals surface area (Å²) in [6.45, 7) is 3.60. The van der Waals surface area contributed by atoms with Gasteiger partial charge in [0.25, 0.3) is 0 Å². The number of benzene rings is 1. The molecular formula is C22H18F3N7. The van der Waals surface area contributed by atoms with Crippen LogP contribution in [0.3, 0.4) is 0 Å². The Morgan fingerprint density at radius 3 is 2.66 bits per heavy atom. The molecule has 0 atom stereocenters. The zero-order chi connectivity index (χ0) is 22.7. The number of hydrazone groups is 1. The van der Waals surface area contributed by atoms with Gasteiger partial charge in [0.05, 0.1) is 36.7 Å². The van der Waals surface area contributed by atoms with E-state index in [4.69, 9.17) is 0 Å². The standard InChI is InChI=1S/C22H18F3N7/c1-14-3-4-16-10-26-13-20(18(16)8-14)32-21(22(23,24)25)19(12-31-32)17-7-15(2)9-29-27-5-6-28-30-11-17/h3-13,29H,1-2H3/b15-9+,17-7+,27-5-,28-6-,30-11+. The molecule has 2 aromatic heterocycles. The van der Waals surface area contributed by atoms with Crippen molar-refractivity contribution in [3.8, 4) is 5.69 Å². The summed E-state index contributed by atoms with van der Waals surface area (Å²) in [7, 11) is 0. The van der Waals surface area contributed by atoms with Crippen LogP contribution in [-0.4, -0.2) is 33.4 Å². The number of aromatic nitrogens is 3. The smallest absolute Gasteiger partial charge is 0.285 e. The maximum Gasteiger partial charge on any atom is 0.434 e. The van der Waals surface area contributed by atoms with E-state index in [0.29, 0.717) is 16.3 Å². The molecule has 0 saturated carbocycles. The van der Waals surface area contributed by atoms with E-state index in [1.165, 1.54) is 31.0 Å². The van der Waals surface area contributed by atoms with Gasteiger partial charge in [-0.2, -0.15) is 33.6 Å². The van der Waals surface area contributed by atoms with Crippen molar-refractivity contribution in [1.29, 1.82) is 0 Å². The lowest BCUT2D eigenvalue weighted by atomic mass is 10.0. The molecule has 0 radical (unpaired) electrons. The molecule has 162 valence electrons. The minimum atomic E-state index is -4.69. The maximum atomic E-state index is 14.3. The number of aryl methyl sites for hydroxylation is 1. The number of fused-ring (bicyclic) bond motifs is 1. The lowest BCUT2D eigenvalue weighted by molar-refractivity contribution is -0.142. The van der Waals surface area contributed by atoms with Crippen LogP contribution in [0.15, 0.2) is 69.9 Å². The Balaban J connectivity index is 1.95. The highest BCUT2D eigenvalue weighted by atomic mass is 19.4. The fraction of sp³-hybridized carbons (Fsp3) is 0.136. The molecular weight excluding hydrogens is 419 g/mol. The number of halogens is 3. The predicted octanol–water partition coefficient (Wildman–Crippen LogP) is 4.68. The first-order valence-corrected chi connectivity index (χ1v) is 9.57. The Kier molecular flexibility index (Phi) is 5.67. The summed E-state index contributed by atoms with van der Waals surface area (Å²) >= 11 is 0. The first kappa shape index (κ1) is 21.2. The van der Waals surface area contributed by atoms with Crippen LogP contribution in [0, 0.1) is 6.92 Å². The summed E-state index contributed by atoms with van der Waals surface area (Å²) in [6, 6.07) is 5.51. The number of pyridine rings is 1. The highest BCUT2D eigenvalue weighted by Crippen LogP contribution is 2.37. The Hall–Kier alpha value is -4.08. The number of nitrogens with zero attached hydrogens (tertiary/aromatic N) is 6. The number of nitrogens with one attached hydrogen (secondary N) is 1. The van der Waals surface area contributed by atoms with Crippen LogP contribution in [0.25, 0.3) is 22.0 Å². The molecule has 1 aliphatic rings. The number of hydrogen-bond donors (Lipinski definition) is 1. The van der Waals surface area contributed by atoms with Gasteiger partial charge in [-0.25, -0.2) is 4.68 Å². The number of rotatable bonds is 2. The van der Waals surface area contributed by atoms with Gasteiger partial charge in [0.15, 0.2) is 5.69 Å². The largest absolute Gasteiger partial charge is 0.434 e. The fourth-order valence-electron chi connectivity index (χ4n) is 3.30. The second kappa shape index (κ2) is 8.58. The van der Waals surface area contributed by atoms with Crippen LogP contribution in [0.4, 0.5) is 13.2 Å². The van der Waals surface area contributed by atoms with Crippen molar-refractivity contribution >= 4 is 35.0 Å². The topological polar surface area (TPSA) is 79.8 Å². The van der Waals surface area contributed by atoms with Crippen LogP contribution in [-0.2, 0) is 6.18 Å².